The number of piperidine rings is 1. The first-order valence-electron chi connectivity index (χ1n) is 6.35. The minimum absolute atomic E-state index is 0.191. The highest BCUT2D eigenvalue weighted by atomic mass is 79.9. The van der Waals surface area contributed by atoms with Crippen molar-refractivity contribution < 1.29 is 18.3 Å². The molecule has 0 saturated carbocycles. The second-order valence-corrected chi connectivity index (χ2v) is 9.02. The molecule has 0 aromatic heterocycles. The predicted molar refractivity (Wildman–Crippen MR) is 85.6 cm³/mol. The van der Waals surface area contributed by atoms with Gasteiger partial charge < -0.3 is 5.11 Å². The van der Waals surface area contributed by atoms with Gasteiger partial charge in [-0.25, -0.2) is 8.42 Å². The van der Waals surface area contributed by atoms with Crippen LogP contribution in [0.2, 0.25) is 0 Å². The van der Waals surface area contributed by atoms with E-state index in [1.165, 1.54) is 4.31 Å². The molecule has 1 aliphatic rings. The third-order valence-corrected chi connectivity index (χ3v) is 7.24. The Hall–Kier alpha value is -0.440. The molecule has 8 heteroatoms. The van der Waals surface area contributed by atoms with Crippen LogP contribution in [0.5, 0.6) is 0 Å². The number of carbonyl (C=O) groups is 1. The van der Waals surface area contributed by atoms with Gasteiger partial charge >= 0.3 is 5.97 Å². The first-order chi connectivity index (χ1) is 9.67. The minimum atomic E-state index is -3.63. The third kappa shape index (κ3) is 3.33. The fourth-order valence-electron chi connectivity index (χ4n) is 2.25. The molecule has 2 rings (SSSR count). The zero-order valence-electron chi connectivity index (χ0n) is 11.3. The minimum Gasteiger partial charge on any atom is -0.481 e. The van der Waals surface area contributed by atoms with E-state index in [0.717, 1.165) is 0 Å². The molecule has 1 fully saturated rings. The number of benzene rings is 1. The Morgan fingerprint density at radius 1 is 1.29 bits per heavy atom. The van der Waals surface area contributed by atoms with Gasteiger partial charge in [-0.1, -0.05) is 15.9 Å². The van der Waals surface area contributed by atoms with E-state index in [4.69, 9.17) is 0 Å². The molecular formula is C13H15Br2NO4S. The van der Waals surface area contributed by atoms with E-state index in [-0.39, 0.29) is 18.0 Å². The normalized spacial score (nSPS) is 19.4. The molecule has 1 heterocycles. The highest BCUT2D eigenvalue weighted by Crippen LogP contribution is 2.35. The molecule has 1 aliphatic heterocycles. The van der Waals surface area contributed by atoms with Gasteiger partial charge in [0.2, 0.25) is 10.0 Å². The second kappa shape index (κ2) is 5.98. The standard InChI is InChI=1S/C13H15Br2NO4S/c1-13(12(17)18)4-6-16(7-5-13)21(19,20)11-8-9(14)2-3-10(11)15/h2-3,8H,4-7H2,1H3,(H,17,18). The molecule has 21 heavy (non-hydrogen) atoms. The van der Waals surface area contributed by atoms with Crippen molar-refractivity contribution in [1.82, 2.24) is 4.31 Å². The first kappa shape index (κ1) is 16.9. The van der Waals surface area contributed by atoms with Crippen LogP contribution in [0.3, 0.4) is 0 Å². The summed E-state index contributed by atoms with van der Waals surface area (Å²) in [5.41, 5.74) is -0.847. The molecule has 0 radical (unpaired) electrons. The molecule has 116 valence electrons. The van der Waals surface area contributed by atoms with E-state index in [0.29, 0.717) is 21.8 Å². The van der Waals surface area contributed by atoms with Gasteiger partial charge in [0.1, 0.15) is 0 Å². The number of carboxylic acids is 1. The molecule has 1 N–H and O–H groups in total. The van der Waals surface area contributed by atoms with E-state index in [1.807, 2.05) is 0 Å². The zero-order chi connectivity index (χ0) is 15.8. The number of hydrogen-bond acceptors (Lipinski definition) is 3. The van der Waals surface area contributed by atoms with Crippen molar-refractivity contribution in [2.45, 2.75) is 24.7 Å². The Morgan fingerprint density at radius 2 is 1.86 bits per heavy atom. The summed E-state index contributed by atoms with van der Waals surface area (Å²) in [6.07, 6.45) is 0.625. The molecule has 0 unspecified atom stereocenters. The smallest absolute Gasteiger partial charge is 0.309 e. The van der Waals surface area contributed by atoms with Gasteiger partial charge in [-0.3, -0.25) is 4.79 Å². The first-order valence-corrected chi connectivity index (χ1v) is 9.38. The van der Waals surface area contributed by atoms with E-state index >= 15 is 0 Å². The summed E-state index contributed by atoms with van der Waals surface area (Å²) >= 11 is 6.53. The number of sulfonamides is 1. The Bertz CT molecular complexity index is 667. The molecule has 0 aliphatic carbocycles. The van der Waals surface area contributed by atoms with Crippen LogP contribution >= 0.6 is 31.9 Å². The number of rotatable bonds is 3. The van der Waals surface area contributed by atoms with Crippen LogP contribution in [-0.2, 0) is 14.8 Å². The number of hydrogen-bond donors (Lipinski definition) is 1. The zero-order valence-corrected chi connectivity index (χ0v) is 15.3. The Labute approximate surface area is 140 Å². The van der Waals surface area contributed by atoms with Crippen molar-refractivity contribution in [3.05, 3.63) is 27.1 Å². The summed E-state index contributed by atoms with van der Waals surface area (Å²) in [4.78, 5) is 11.4. The van der Waals surface area contributed by atoms with E-state index in [9.17, 15) is 18.3 Å². The van der Waals surface area contributed by atoms with Crippen LogP contribution in [0.25, 0.3) is 0 Å². The van der Waals surface area contributed by atoms with E-state index in [2.05, 4.69) is 31.9 Å². The Morgan fingerprint density at radius 3 is 2.38 bits per heavy atom. The molecule has 0 spiro atoms. The lowest BCUT2D eigenvalue weighted by Crippen LogP contribution is -2.45. The van der Waals surface area contributed by atoms with Crippen LogP contribution in [0, 0.1) is 5.41 Å². The number of halogens is 2. The highest BCUT2D eigenvalue weighted by Gasteiger charge is 2.40. The second-order valence-electron chi connectivity index (χ2n) is 5.34. The monoisotopic (exact) mass is 439 g/mol. The quantitative estimate of drug-likeness (QED) is 0.783. The molecule has 1 saturated heterocycles. The summed E-state index contributed by atoms with van der Waals surface area (Å²) in [7, 11) is -3.63. The SMILES string of the molecule is CC1(C(=O)O)CCN(S(=O)(=O)c2cc(Br)ccc2Br)CC1. The van der Waals surface area contributed by atoms with Crippen molar-refractivity contribution >= 4 is 47.9 Å². The molecule has 0 bridgehead atoms. The highest BCUT2D eigenvalue weighted by molar-refractivity contribution is 9.11. The largest absolute Gasteiger partial charge is 0.481 e. The maximum absolute atomic E-state index is 12.7. The van der Waals surface area contributed by atoms with E-state index < -0.39 is 21.4 Å². The topological polar surface area (TPSA) is 74.7 Å². The number of carboxylic acid groups (broad SMARTS) is 1. The molecule has 0 atom stereocenters. The van der Waals surface area contributed by atoms with Crippen molar-refractivity contribution in [2.24, 2.45) is 5.41 Å². The van der Waals surface area contributed by atoms with Crippen LogP contribution < -0.4 is 0 Å². The van der Waals surface area contributed by atoms with Crippen molar-refractivity contribution in [1.29, 1.82) is 0 Å². The van der Waals surface area contributed by atoms with Gasteiger partial charge in [0.15, 0.2) is 0 Å². The van der Waals surface area contributed by atoms with Crippen LogP contribution in [0.1, 0.15) is 19.8 Å². The lowest BCUT2D eigenvalue weighted by atomic mass is 9.81. The molecule has 0 amide bonds. The van der Waals surface area contributed by atoms with Crippen molar-refractivity contribution in [3.8, 4) is 0 Å². The van der Waals surface area contributed by atoms with Crippen molar-refractivity contribution in [3.63, 3.8) is 0 Å². The van der Waals surface area contributed by atoms with Crippen LogP contribution in [-0.4, -0.2) is 36.9 Å². The van der Waals surface area contributed by atoms with Crippen molar-refractivity contribution in [2.75, 3.05) is 13.1 Å². The molecule has 5 nitrogen and oxygen atoms in total. The fraction of sp³-hybridized carbons (Fsp3) is 0.462. The van der Waals surface area contributed by atoms with Gasteiger partial charge in [0, 0.05) is 22.0 Å². The van der Waals surface area contributed by atoms with Gasteiger partial charge in [0.25, 0.3) is 0 Å². The Kier molecular flexibility index (Phi) is 4.82. The van der Waals surface area contributed by atoms with Crippen LogP contribution in [0.15, 0.2) is 32.0 Å². The molecule has 1 aromatic carbocycles. The maximum atomic E-state index is 12.7. The Balaban J connectivity index is 2.27. The molecular weight excluding hydrogens is 426 g/mol. The average molecular weight is 441 g/mol. The predicted octanol–water partition coefficient (Wildman–Crippen LogP) is 3.09. The van der Waals surface area contributed by atoms with Gasteiger partial charge in [-0.15, -0.1) is 0 Å². The summed E-state index contributed by atoms with van der Waals surface area (Å²) in [5.74, 6) is -0.872. The summed E-state index contributed by atoms with van der Waals surface area (Å²) in [6.45, 7) is 2.09. The van der Waals surface area contributed by atoms with Gasteiger partial charge in [-0.2, -0.15) is 4.31 Å². The number of aliphatic carboxylic acids is 1. The summed E-state index contributed by atoms with van der Waals surface area (Å²) in [6, 6.07) is 4.97. The third-order valence-electron chi connectivity index (χ3n) is 3.85. The van der Waals surface area contributed by atoms with Crippen LogP contribution in [0.4, 0.5) is 0 Å². The summed E-state index contributed by atoms with van der Waals surface area (Å²) < 4.78 is 27.9. The van der Waals surface area contributed by atoms with E-state index in [1.54, 1.807) is 25.1 Å². The molecule has 1 aromatic rings. The fourth-order valence-corrected chi connectivity index (χ4v) is 5.15. The number of nitrogens with zero attached hydrogens (tertiary/aromatic N) is 1. The average Bonchev–Trinajstić information content (AvgIpc) is 2.41. The van der Waals surface area contributed by atoms with Gasteiger partial charge in [0.05, 0.1) is 10.3 Å². The lowest BCUT2D eigenvalue weighted by Gasteiger charge is -2.35. The maximum Gasteiger partial charge on any atom is 0.309 e. The van der Waals surface area contributed by atoms with Gasteiger partial charge in [-0.05, 0) is 53.9 Å². The lowest BCUT2D eigenvalue weighted by molar-refractivity contribution is -0.150. The summed E-state index contributed by atoms with van der Waals surface area (Å²) in [5, 5.41) is 9.20.